The number of carbonyl (C=O) groups excluding carboxylic acids is 1. The number of aliphatic hydroxyl groups excluding tert-OH is 1. The topological polar surface area (TPSA) is 106 Å². The molecule has 2 heterocycles. The standard InChI is InChI=1S/C40H44N4O4S/c45-24-26-8-10-31(11-9-26)36-19-35(25-49-39-41-12-3-13-42-39)47-37(48-36)34-7-2-6-33(18-34)32-5-1-4-27(17-32)23-43-38(46)44-40-20-28-14-29(21-40)16-30(15-28)22-40/h1-13,17-18,28-30,35-37,45H,14-16,19-25H2,(H2,43,44,46)/t28?,29?,30?,35-,36+,37+,40?/m1/s1. The van der Waals surface area contributed by atoms with E-state index in [2.05, 4.69) is 63.1 Å². The van der Waals surface area contributed by atoms with Crippen molar-refractivity contribution in [2.45, 2.75) is 87.3 Å². The molecule has 0 spiro atoms. The van der Waals surface area contributed by atoms with E-state index in [0.29, 0.717) is 18.7 Å². The summed E-state index contributed by atoms with van der Waals surface area (Å²) in [6.45, 7) is 0.481. The molecule has 1 saturated heterocycles. The number of amides is 2. The van der Waals surface area contributed by atoms with Crippen LogP contribution in [-0.4, -0.2) is 38.5 Å². The largest absolute Gasteiger partial charge is 0.392 e. The second-order valence-corrected chi connectivity index (χ2v) is 15.5. The number of hydrogen-bond donors (Lipinski definition) is 3. The molecule has 9 heteroatoms. The van der Waals surface area contributed by atoms with Crippen LogP contribution < -0.4 is 10.6 Å². The van der Waals surface area contributed by atoms with Crippen molar-refractivity contribution in [1.29, 1.82) is 0 Å². The zero-order valence-electron chi connectivity index (χ0n) is 27.7. The van der Waals surface area contributed by atoms with Gasteiger partial charge in [0.1, 0.15) is 0 Å². The Bertz CT molecular complexity index is 1720. The van der Waals surface area contributed by atoms with Gasteiger partial charge in [-0.1, -0.05) is 72.4 Å². The minimum Gasteiger partial charge on any atom is -0.392 e. The van der Waals surface area contributed by atoms with Crippen LogP contribution in [0.3, 0.4) is 0 Å². The Balaban J connectivity index is 0.951. The van der Waals surface area contributed by atoms with Crippen LogP contribution in [0.2, 0.25) is 0 Å². The van der Waals surface area contributed by atoms with E-state index in [9.17, 15) is 9.90 Å². The summed E-state index contributed by atoms with van der Waals surface area (Å²) in [4.78, 5) is 21.9. The molecule has 49 heavy (non-hydrogen) atoms. The summed E-state index contributed by atoms with van der Waals surface area (Å²) in [7, 11) is 0. The first-order chi connectivity index (χ1) is 24.0. The number of urea groups is 1. The number of aliphatic hydroxyl groups is 1. The summed E-state index contributed by atoms with van der Waals surface area (Å²) < 4.78 is 13.2. The van der Waals surface area contributed by atoms with Crippen LogP contribution in [0, 0.1) is 17.8 Å². The second kappa shape index (κ2) is 14.2. The van der Waals surface area contributed by atoms with Crippen LogP contribution >= 0.6 is 11.8 Å². The highest BCUT2D eigenvalue weighted by Crippen LogP contribution is 2.55. The van der Waals surface area contributed by atoms with Gasteiger partial charge in [-0.25, -0.2) is 14.8 Å². The first-order valence-electron chi connectivity index (χ1n) is 17.6. The van der Waals surface area contributed by atoms with Gasteiger partial charge < -0.3 is 25.2 Å². The molecule has 0 unspecified atom stereocenters. The van der Waals surface area contributed by atoms with Crippen LogP contribution in [0.5, 0.6) is 0 Å². The second-order valence-electron chi connectivity index (χ2n) is 14.5. The number of aromatic nitrogens is 2. The first-order valence-corrected chi connectivity index (χ1v) is 18.6. The highest BCUT2D eigenvalue weighted by molar-refractivity contribution is 7.99. The molecule has 4 aliphatic carbocycles. The SMILES string of the molecule is O=C(NCc1cccc(-c2cccc([C@H]3O[C@@H](CSc4ncccn4)C[C@@H](c4ccc(CO)cc4)O3)c2)c1)NC12CC3CC(CC(C3)C1)C2. The van der Waals surface area contributed by atoms with Gasteiger partial charge in [-0.15, -0.1) is 0 Å². The van der Waals surface area contributed by atoms with E-state index in [-0.39, 0.29) is 30.4 Å². The van der Waals surface area contributed by atoms with Crippen molar-refractivity contribution in [2.24, 2.45) is 17.8 Å². The monoisotopic (exact) mass is 676 g/mol. The van der Waals surface area contributed by atoms with E-state index < -0.39 is 6.29 Å². The fraction of sp³-hybridized carbons (Fsp3) is 0.425. The maximum atomic E-state index is 13.1. The van der Waals surface area contributed by atoms with E-state index in [1.165, 1.54) is 19.3 Å². The Hall–Kier alpha value is -3.76. The van der Waals surface area contributed by atoms with Crippen molar-refractivity contribution in [2.75, 3.05) is 5.75 Å². The highest BCUT2D eigenvalue weighted by atomic mass is 32.2. The number of nitrogens with one attached hydrogen (secondary N) is 2. The minimum absolute atomic E-state index is 0.000705. The number of benzene rings is 3. The Kier molecular flexibility index (Phi) is 9.42. The molecule has 3 atom stereocenters. The molecule has 4 saturated carbocycles. The van der Waals surface area contributed by atoms with Crippen molar-refractivity contribution in [3.8, 4) is 11.1 Å². The van der Waals surface area contributed by atoms with Gasteiger partial charge in [0.2, 0.25) is 0 Å². The van der Waals surface area contributed by atoms with Gasteiger partial charge in [0, 0.05) is 42.2 Å². The van der Waals surface area contributed by atoms with Crippen LogP contribution in [0.1, 0.15) is 79.6 Å². The zero-order valence-corrected chi connectivity index (χ0v) is 28.5. The molecule has 3 N–H and O–H groups in total. The molecule has 5 aliphatic rings. The van der Waals surface area contributed by atoms with Gasteiger partial charge >= 0.3 is 6.03 Å². The third kappa shape index (κ3) is 7.55. The maximum absolute atomic E-state index is 13.1. The quantitative estimate of drug-likeness (QED) is 0.117. The highest BCUT2D eigenvalue weighted by Gasteiger charge is 2.51. The van der Waals surface area contributed by atoms with Crippen LogP contribution in [-0.2, 0) is 22.6 Å². The molecule has 4 bridgehead atoms. The van der Waals surface area contributed by atoms with E-state index >= 15 is 0 Å². The molecule has 254 valence electrons. The third-order valence-corrected chi connectivity index (χ3v) is 11.9. The van der Waals surface area contributed by atoms with Gasteiger partial charge in [-0.2, -0.15) is 0 Å². The van der Waals surface area contributed by atoms with Gasteiger partial charge in [0.25, 0.3) is 0 Å². The van der Waals surface area contributed by atoms with Crippen molar-refractivity contribution in [3.63, 3.8) is 0 Å². The smallest absolute Gasteiger partial charge is 0.315 e. The molecule has 4 aromatic rings. The number of nitrogens with zero attached hydrogens (tertiary/aromatic N) is 2. The summed E-state index contributed by atoms with van der Waals surface area (Å²) in [5, 5.41) is 16.9. The molecule has 8 nitrogen and oxygen atoms in total. The minimum atomic E-state index is -0.559. The van der Waals surface area contributed by atoms with Crippen LogP contribution in [0.25, 0.3) is 11.1 Å². The van der Waals surface area contributed by atoms with Crippen LogP contribution in [0.4, 0.5) is 4.79 Å². The first kappa shape index (κ1) is 32.4. The van der Waals surface area contributed by atoms with E-state index in [1.54, 1.807) is 24.2 Å². The summed E-state index contributed by atoms with van der Waals surface area (Å²) in [5.41, 5.74) is 6.05. The summed E-state index contributed by atoms with van der Waals surface area (Å²) in [6.07, 6.45) is 10.9. The number of carbonyl (C=O) groups is 1. The van der Waals surface area contributed by atoms with Gasteiger partial charge in [-0.05, 0) is 102 Å². The maximum Gasteiger partial charge on any atom is 0.315 e. The molecule has 9 rings (SSSR count). The summed E-state index contributed by atoms with van der Waals surface area (Å²) in [5.74, 6) is 3.07. The van der Waals surface area contributed by atoms with E-state index in [1.807, 2.05) is 36.4 Å². The number of thioether (sulfide) groups is 1. The lowest BCUT2D eigenvalue weighted by molar-refractivity contribution is -0.245. The third-order valence-electron chi connectivity index (χ3n) is 10.8. The van der Waals surface area contributed by atoms with Gasteiger partial charge in [-0.3, -0.25) is 0 Å². The fourth-order valence-electron chi connectivity index (χ4n) is 9.01. The number of ether oxygens (including phenoxy) is 2. The number of rotatable bonds is 10. The lowest BCUT2D eigenvalue weighted by atomic mass is 9.53. The van der Waals surface area contributed by atoms with Crippen molar-refractivity contribution < 1.29 is 19.4 Å². The van der Waals surface area contributed by atoms with E-state index in [4.69, 9.17) is 9.47 Å². The molecule has 2 amide bonds. The normalized spacial score (nSPS) is 28.7. The van der Waals surface area contributed by atoms with Crippen LogP contribution in [0.15, 0.2) is 96.4 Å². The van der Waals surface area contributed by atoms with Crippen molar-refractivity contribution >= 4 is 17.8 Å². The Morgan fingerprint density at radius 3 is 2.20 bits per heavy atom. The Morgan fingerprint density at radius 1 is 0.796 bits per heavy atom. The molecular formula is C40H44N4O4S. The zero-order chi connectivity index (χ0) is 33.2. The lowest BCUT2D eigenvalue weighted by Gasteiger charge is -2.56. The molecular weight excluding hydrogens is 633 g/mol. The molecule has 3 aromatic carbocycles. The van der Waals surface area contributed by atoms with Gasteiger partial charge in [0.05, 0.1) is 18.8 Å². The molecule has 1 aliphatic heterocycles. The summed E-state index contributed by atoms with van der Waals surface area (Å²) in [6, 6.07) is 26.4. The Labute approximate surface area is 292 Å². The molecule has 1 aromatic heterocycles. The number of hydrogen-bond acceptors (Lipinski definition) is 7. The van der Waals surface area contributed by atoms with Crippen molar-refractivity contribution in [1.82, 2.24) is 20.6 Å². The van der Waals surface area contributed by atoms with Gasteiger partial charge in [0.15, 0.2) is 11.4 Å². The van der Waals surface area contributed by atoms with E-state index in [0.717, 1.165) is 75.6 Å². The average Bonchev–Trinajstić information content (AvgIpc) is 3.13. The summed E-state index contributed by atoms with van der Waals surface area (Å²) >= 11 is 1.58. The predicted molar refractivity (Wildman–Crippen MR) is 189 cm³/mol. The van der Waals surface area contributed by atoms with Crippen molar-refractivity contribution in [3.05, 3.63) is 114 Å². The predicted octanol–water partition coefficient (Wildman–Crippen LogP) is 7.74. The Morgan fingerprint density at radius 2 is 1.49 bits per heavy atom. The molecule has 5 fully saturated rings. The fourth-order valence-corrected chi connectivity index (χ4v) is 9.83. The average molecular weight is 677 g/mol. The molecule has 0 radical (unpaired) electrons. The lowest BCUT2D eigenvalue weighted by Crippen LogP contribution is -2.61.